The van der Waals surface area contributed by atoms with Gasteiger partial charge in [-0.15, -0.1) is 0 Å². The van der Waals surface area contributed by atoms with Crippen LogP contribution in [0, 0.1) is 0 Å². The summed E-state index contributed by atoms with van der Waals surface area (Å²) in [6, 6.07) is 16.6. The van der Waals surface area contributed by atoms with Gasteiger partial charge in [0, 0.05) is 12.3 Å². The van der Waals surface area contributed by atoms with Crippen molar-refractivity contribution in [1.29, 1.82) is 0 Å². The van der Waals surface area contributed by atoms with Crippen molar-refractivity contribution in [3.05, 3.63) is 78.0 Å². The SMILES string of the molecule is CCCCCCCCCCOc1ccc(C(=O)Oc2ccc(C(=O)Oc3ccc(O[C@@H](C)CCCCCC)cc3)cc2)cn1. The third-order valence-electron chi connectivity index (χ3n) is 7.36. The molecule has 0 amide bonds. The molecule has 0 radical (unpaired) electrons. The van der Waals surface area contributed by atoms with Crippen LogP contribution >= 0.6 is 0 Å². The fourth-order valence-corrected chi connectivity index (χ4v) is 4.73. The number of carbonyl (C=O) groups is 2. The monoisotopic (exact) mass is 603 g/mol. The average molecular weight is 604 g/mol. The molecule has 44 heavy (non-hydrogen) atoms. The van der Waals surface area contributed by atoms with E-state index in [2.05, 4.69) is 25.8 Å². The van der Waals surface area contributed by atoms with Crippen LogP contribution in [0.5, 0.6) is 23.1 Å². The summed E-state index contributed by atoms with van der Waals surface area (Å²) in [5, 5.41) is 0. The minimum absolute atomic E-state index is 0.131. The second-order valence-corrected chi connectivity index (χ2v) is 11.3. The molecular weight excluding hydrogens is 554 g/mol. The van der Waals surface area contributed by atoms with Crippen molar-refractivity contribution in [2.24, 2.45) is 0 Å². The van der Waals surface area contributed by atoms with Crippen molar-refractivity contribution < 1.29 is 28.5 Å². The van der Waals surface area contributed by atoms with E-state index in [9.17, 15) is 9.59 Å². The first-order chi connectivity index (χ1) is 21.5. The van der Waals surface area contributed by atoms with Crippen LogP contribution in [0.1, 0.15) is 125 Å². The van der Waals surface area contributed by atoms with Gasteiger partial charge in [-0.05, 0) is 80.8 Å². The molecule has 0 aliphatic carbocycles. The number of nitrogens with zero attached hydrogens (tertiary/aromatic N) is 1. The first-order valence-corrected chi connectivity index (χ1v) is 16.4. The van der Waals surface area contributed by atoms with Crippen molar-refractivity contribution in [2.45, 2.75) is 110 Å². The van der Waals surface area contributed by atoms with Crippen molar-refractivity contribution in [3.8, 4) is 23.1 Å². The molecule has 0 spiro atoms. The lowest BCUT2D eigenvalue weighted by Crippen LogP contribution is -2.12. The molecule has 1 aromatic heterocycles. The van der Waals surface area contributed by atoms with E-state index in [0.717, 1.165) is 31.4 Å². The largest absolute Gasteiger partial charge is 0.491 e. The molecule has 238 valence electrons. The molecule has 2 aromatic carbocycles. The molecule has 0 aliphatic rings. The zero-order chi connectivity index (χ0) is 31.4. The Morgan fingerprint density at radius 1 is 0.614 bits per heavy atom. The van der Waals surface area contributed by atoms with Gasteiger partial charge in [-0.3, -0.25) is 0 Å². The normalized spacial score (nSPS) is 11.5. The molecule has 7 heteroatoms. The topological polar surface area (TPSA) is 84.0 Å². The van der Waals surface area contributed by atoms with Gasteiger partial charge in [0.1, 0.15) is 17.2 Å². The second-order valence-electron chi connectivity index (χ2n) is 11.3. The maximum absolute atomic E-state index is 12.6. The van der Waals surface area contributed by atoms with Gasteiger partial charge in [0.25, 0.3) is 0 Å². The zero-order valence-corrected chi connectivity index (χ0v) is 26.7. The Morgan fingerprint density at radius 2 is 1.11 bits per heavy atom. The number of rotatable bonds is 21. The molecule has 1 atom stereocenters. The number of ether oxygens (including phenoxy) is 4. The number of hydrogen-bond acceptors (Lipinski definition) is 7. The summed E-state index contributed by atoms with van der Waals surface area (Å²) in [7, 11) is 0. The van der Waals surface area contributed by atoms with E-state index in [-0.39, 0.29) is 6.10 Å². The molecule has 0 unspecified atom stereocenters. The Balaban J connectivity index is 1.37. The standard InChI is InChI=1S/C37H49NO6/c1-4-6-8-10-11-12-13-15-27-41-35-26-19-31(28-38-35)37(40)44-33-20-17-30(18-21-33)36(39)43-34-24-22-32(23-25-34)42-29(3)16-14-9-7-5-2/h17-26,28-29H,4-16,27H2,1-3H3/t29-/m0/s1. The average Bonchev–Trinajstić information content (AvgIpc) is 3.04. The van der Waals surface area contributed by atoms with E-state index in [1.54, 1.807) is 60.7 Å². The van der Waals surface area contributed by atoms with Gasteiger partial charge in [0.15, 0.2) is 0 Å². The van der Waals surface area contributed by atoms with Crippen LogP contribution in [0.4, 0.5) is 0 Å². The zero-order valence-electron chi connectivity index (χ0n) is 26.7. The van der Waals surface area contributed by atoms with Crippen LogP contribution in [0.15, 0.2) is 66.9 Å². The van der Waals surface area contributed by atoms with Gasteiger partial charge in [0.05, 0.1) is 23.8 Å². The second kappa shape index (κ2) is 20.2. The Labute approximate surface area is 263 Å². The van der Waals surface area contributed by atoms with E-state index in [0.29, 0.717) is 35.1 Å². The summed E-state index contributed by atoms with van der Waals surface area (Å²) in [6.45, 7) is 7.12. The van der Waals surface area contributed by atoms with E-state index in [1.165, 1.54) is 64.0 Å². The molecule has 1 heterocycles. The number of pyridine rings is 1. The third kappa shape index (κ3) is 13.2. The lowest BCUT2D eigenvalue weighted by molar-refractivity contribution is 0.0730. The number of benzene rings is 2. The van der Waals surface area contributed by atoms with E-state index in [4.69, 9.17) is 18.9 Å². The number of hydrogen-bond donors (Lipinski definition) is 0. The molecule has 3 aromatic rings. The lowest BCUT2D eigenvalue weighted by atomic mass is 10.1. The predicted molar refractivity (Wildman–Crippen MR) is 174 cm³/mol. The summed E-state index contributed by atoms with van der Waals surface area (Å²) >= 11 is 0. The van der Waals surface area contributed by atoms with Crippen molar-refractivity contribution in [1.82, 2.24) is 4.98 Å². The number of esters is 2. The highest BCUT2D eigenvalue weighted by molar-refractivity contribution is 5.92. The first-order valence-electron chi connectivity index (χ1n) is 16.4. The fourth-order valence-electron chi connectivity index (χ4n) is 4.73. The molecule has 7 nitrogen and oxygen atoms in total. The highest BCUT2D eigenvalue weighted by Crippen LogP contribution is 2.22. The summed E-state index contributed by atoms with van der Waals surface area (Å²) in [5.74, 6) is 0.919. The fraction of sp³-hybridized carbons (Fsp3) is 0.486. The number of aromatic nitrogens is 1. The van der Waals surface area contributed by atoms with Crippen LogP contribution in [0.25, 0.3) is 0 Å². The minimum Gasteiger partial charge on any atom is -0.491 e. The van der Waals surface area contributed by atoms with Crippen molar-refractivity contribution in [2.75, 3.05) is 6.61 Å². The highest BCUT2D eigenvalue weighted by Gasteiger charge is 2.13. The van der Waals surface area contributed by atoms with Gasteiger partial charge >= 0.3 is 11.9 Å². The van der Waals surface area contributed by atoms with Crippen LogP contribution < -0.4 is 18.9 Å². The summed E-state index contributed by atoms with van der Waals surface area (Å²) in [6.07, 6.45) is 17.3. The third-order valence-corrected chi connectivity index (χ3v) is 7.36. The molecule has 0 fully saturated rings. The number of unbranched alkanes of at least 4 members (excludes halogenated alkanes) is 10. The van der Waals surface area contributed by atoms with E-state index < -0.39 is 11.9 Å². The Morgan fingerprint density at radius 3 is 1.70 bits per heavy atom. The summed E-state index contributed by atoms with van der Waals surface area (Å²) in [4.78, 5) is 29.4. The summed E-state index contributed by atoms with van der Waals surface area (Å²) in [5.41, 5.74) is 0.650. The maximum Gasteiger partial charge on any atom is 0.345 e. The Hall–Kier alpha value is -3.87. The highest BCUT2D eigenvalue weighted by atomic mass is 16.5. The van der Waals surface area contributed by atoms with Crippen LogP contribution in [0.3, 0.4) is 0 Å². The molecule has 0 aliphatic heterocycles. The molecule has 0 saturated heterocycles. The van der Waals surface area contributed by atoms with Crippen LogP contribution in [-0.2, 0) is 0 Å². The Kier molecular flexibility index (Phi) is 15.9. The van der Waals surface area contributed by atoms with Crippen molar-refractivity contribution in [3.63, 3.8) is 0 Å². The molecule has 0 saturated carbocycles. The minimum atomic E-state index is -0.542. The van der Waals surface area contributed by atoms with Gasteiger partial charge in [-0.2, -0.15) is 0 Å². The van der Waals surface area contributed by atoms with Crippen LogP contribution in [0.2, 0.25) is 0 Å². The number of carbonyl (C=O) groups excluding carboxylic acids is 2. The van der Waals surface area contributed by atoms with Gasteiger partial charge < -0.3 is 18.9 Å². The molecule has 0 bridgehead atoms. The van der Waals surface area contributed by atoms with Gasteiger partial charge in [0.2, 0.25) is 5.88 Å². The molecule has 3 rings (SSSR count). The quantitative estimate of drug-likeness (QED) is 0.0681. The van der Waals surface area contributed by atoms with E-state index in [1.807, 2.05) is 0 Å². The maximum atomic E-state index is 12.6. The Bertz CT molecular complexity index is 1220. The van der Waals surface area contributed by atoms with Crippen LogP contribution in [-0.4, -0.2) is 29.6 Å². The van der Waals surface area contributed by atoms with Gasteiger partial charge in [-0.25, -0.2) is 14.6 Å². The van der Waals surface area contributed by atoms with Gasteiger partial charge in [-0.1, -0.05) is 78.1 Å². The molecular formula is C37H49NO6. The summed E-state index contributed by atoms with van der Waals surface area (Å²) < 4.78 is 22.6. The lowest BCUT2D eigenvalue weighted by Gasteiger charge is -2.15. The van der Waals surface area contributed by atoms with E-state index >= 15 is 0 Å². The smallest absolute Gasteiger partial charge is 0.345 e. The predicted octanol–water partition coefficient (Wildman–Crippen LogP) is 9.78. The molecule has 0 N–H and O–H groups in total. The van der Waals surface area contributed by atoms with Crippen molar-refractivity contribution >= 4 is 11.9 Å². The first kappa shape index (κ1) is 34.6.